The minimum absolute atomic E-state index is 0.211. The molecule has 0 saturated carbocycles. The standard InChI is InChI=1S/C10H14Cl2N2O2/c1-2-3-4-16-9(15)10(12)6-7(13)5-8(11)14-10/h5-6,14H,2-4,13H2,1H3. The van der Waals surface area contributed by atoms with E-state index in [1.54, 1.807) is 0 Å². The summed E-state index contributed by atoms with van der Waals surface area (Å²) in [4.78, 5) is 10.2. The Morgan fingerprint density at radius 2 is 2.38 bits per heavy atom. The van der Waals surface area contributed by atoms with Crippen molar-refractivity contribution >= 4 is 29.2 Å². The quantitative estimate of drug-likeness (QED) is 0.352. The topological polar surface area (TPSA) is 64.3 Å². The van der Waals surface area contributed by atoms with Crippen LogP contribution in [0.1, 0.15) is 19.8 Å². The number of dihydropyridines is 1. The molecule has 0 aromatic heterocycles. The number of nitrogens with two attached hydrogens (primary N) is 1. The van der Waals surface area contributed by atoms with Gasteiger partial charge in [-0.2, -0.15) is 0 Å². The molecule has 1 heterocycles. The van der Waals surface area contributed by atoms with Gasteiger partial charge in [-0.15, -0.1) is 0 Å². The Morgan fingerprint density at radius 1 is 1.69 bits per heavy atom. The molecule has 90 valence electrons. The van der Waals surface area contributed by atoms with Crippen LogP contribution < -0.4 is 11.1 Å². The molecule has 0 saturated heterocycles. The van der Waals surface area contributed by atoms with Crippen molar-refractivity contribution in [2.45, 2.75) is 24.8 Å². The summed E-state index contributed by atoms with van der Waals surface area (Å²) < 4.78 is 5.00. The molecule has 0 amide bonds. The Balaban J connectivity index is 2.64. The number of hydrogen-bond donors (Lipinski definition) is 2. The number of carbonyl (C=O) groups is 1. The van der Waals surface area contributed by atoms with Crippen molar-refractivity contribution in [2.75, 3.05) is 6.61 Å². The van der Waals surface area contributed by atoms with E-state index in [0.717, 1.165) is 12.8 Å². The van der Waals surface area contributed by atoms with E-state index >= 15 is 0 Å². The van der Waals surface area contributed by atoms with Gasteiger partial charge in [0.15, 0.2) is 0 Å². The lowest BCUT2D eigenvalue weighted by atomic mass is 10.2. The lowest BCUT2D eigenvalue weighted by Gasteiger charge is -2.26. The van der Waals surface area contributed by atoms with Gasteiger partial charge in [-0.25, -0.2) is 4.79 Å². The summed E-state index contributed by atoms with van der Waals surface area (Å²) in [6.07, 6.45) is 4.58. The van der Waals surface area contributed by atoms with Crippen molar-refractivity contribution < 1.29 is 9.53 Å². The number of unbranched alkanes of at least 4 members (excludes halogenated alkanes) is 1. The van der Waals surface area contributed by atoms with Gasteiger partial charge in [-0.3, -0.25) is 0 Å². The second-order valence-electron chi connectivity index (χ2n) is 3.46. The van der Waals surface area contributed by atoms with Gasteiger partial charge >= 0.3 is 5.97 Å². The summed E-state index contributed by atoms with van der Waals surface area (Å²) >= 11 is 11.8. The summed E-state index contributed by atoms with van der Waals surface area (Å²) in [5.41, 5.74) is 5.89. The zero-order valence-corrected chi connectivity index (χ0v) is 10.4. The van der Waals surface area contributed by atoms with Crippen LogP contribution in [-0.4, -0.2) is 17.6 Å². The van der Waals surface area contributed by atoms with Crippen molar-refractivity contribution in [3.05, 3.63) is 23.0 Å². The maximum Gasteiger partial charge on any atom is 0.351 e. The SMILES string of the molecule is CCCCOC(=O)C1(Cl)C=C(N)C=C(Cl)N1. The molecule has 1 aliphatic heterocycles. The normalized spacial score (nSPS) is 24.2. The van der Waals surface area contributed by atoms with Crippen molar-refractivity contribution in [3.8, 4) is 0 Å². The van der Waals surface area contributed by atoms with E-state index in [1.807, 2.05) is 6.92 Å². The first-order chi connectivity index (χ1) is 7.48. The fourth-order valence-corrected chi connectivity index (χ4v) is 1.79. The molecule has 6 heteroatoms. The Labute approximate surface area is 104 Å². The van der Waals surface area contributed by atoms with Gasteiger partial charge in [0.05, 0.1) is 6.61 Å². The number of nitrogens with one attached hydrogen (secondary N) is 1. The van der Waals surface area contributed by atoms with E-state index in [2.05, 4.69) is 5.32 Å². The van der Waals surface area contributed by atoms with Gasteiger partial charge in [-0.1, -0.05) is 36.5 Å². The maximum absolute atomic E-state index is 11.7. The van der Waals surface area contributed by atoms with E-state index < -0.39 is 11.0 Å². The largest absolute Gasteiger partial charge is 0.463 e. The Morgan fingerprint density at radius 3 is 2.94 bits per heavy atom. The van der Waals surface area contributed by atoms with Crippen molar-refractivity contribution in [1.82, 2.24) is 5.32 Å². The van der Waals surface area contributed by atoms with E-state index in [1.165, 1.54) is 12.2 Å². The molecule has 1 aliphatic rings. The minimum atomic E-state index is -1.50. The smallest absolute Gasteiger partial charge is 0.351 e. The minimum Gasteiger partial charge on any atom is -0.463 e. The van der Waals surface area contributed by atoms with Gasteiger partial charge < -0.3 is 15.8 Å². The van der Waals surface area contributed by atoms with E-state index in [4.69, 9.17) is 33.7 Å². The second-order valence-corrected chi connectivity index (χ2v) is 4.47. The highest BCUT2D eigenvalue weighted by Crippen LogP contribution is 2.24. The molecule has 0 aliphatic carbocycles. The first kappa shape index (κ1) is 13.2. The van der Waals surface area contributed by atoms with Gasteiger partial charge in [0.2, 0.25) is 5.00 Å². The highest BCUT2D eigenvalue weighted by atomic mass is 35.5. The predicted octanol–water partition coefficient (Wildman–Crippen LogP) is 1.79. The van der Waals surface area contributed by atoms with E-state index in [9.17, 15) is 4.79 Å². The predicted molar refractivity (Wildman–Crippen MR) is 63.8 cm³/mol. The number of hydrogen-bond acceptors (Lipinski definition) is 4. The molecule has 16 heavy (non-hydrogen) atoms. The number of carbonyl (C=O) groups excluding carboxylic acids is 1. The van der Waals surface area contributed by atoms with Crippen LogP contribution in [0.5, 0.6) is 0 Å². The fourth-order valence-electron chi connectivity index (χ4n) is 1.19. The van der Waals surface area contributed by atoms with Crippen LogP contribution in [-0.2, 0) is 9.53 Å². The molecule has 0 radical (unpaired) electrons. The van der Waals surface area contributed by atoms with Crippen LogP contribution in [0.15, 0.2) is 23.0 Å². The lowest BCUT2D eigenvalue weighted by Crippen LogP contribution is -2.47. The molecular formula is C10H14Cl2N2O2. The van der Waals surface area contributed by atoms with E-state index in [0.29, 0.717) is 12.3 Å². The number of rotatable bonds is 4. The molecule has 0 aromatic rings. The number of esters is 1. The average molecular weight is 265 g/mol. The van der Waals surface area contributed by atoms with Crippen molar-refractivity contribution in [2.24, 2.45) is 5.73 Å². The number of ether oxygens (including phenoxy) is 1. The molecule has 0 spiro atoms. The molecule has 0 bridgehead atoms. The highest BCUT2D eigenvalue weighted by molar-refractivity contribution is 6.37. The first-order valence-corrected chi connectivity index (χ1v) is 5.73. The third kappa shape index (κ3) is 3.32. The van der Waals surface area contributed by atoms with Crippen LogP contribution >= 0.6 is 23.2 Å². The lowest BCUT2D eigenvalue weighted by molar-refractivity contribution is -0.146. The fraction of sp³-hybridized carbons (Fsp3) is 0.500. The van der Waals surface area contributed by atoms with Crippen LogP contribution in [0.4, 0.5) is 0 Å². The molecule has 1 unspecified atom stereocenters. The second kappa shape index (κ2) is 5.46. The van der Waals surface area contributed by atoms with Crippen LogP contribution in [0.25, 0.3) is 0 Å². The monoisotopic (exact) mass is 264 g/mol. The number of alkyl halides is 1. The molecule has 3 N–H and O–H groups in total. The Hall–Kier alpha value is -0.870. The zero-order valence-electron chi connectivity index (χ0n) is 8.93. The summed E-state index contributed by atoms with van der Waals surface area (Å²) in [5, 5.41) is 2.82. The van der Waals surface area contributed by atoms with Crippen LogP contribution in [0.2, 0.25) is 0 Å². The van der Waals surface area contributed by atoms with Gasteiger partial charge in [-0.05, 0) is 18.6 Å². The van der Waals surface area contributed by atoms with Gasteiger partial charge in [0.1, 0.15) is 5.16 Å². The Bertz CT molecular complexity index is 342. The summed E-state index contributed by atoms with van der Waals surface area (Å²) in [5.74, 6) is -0.600. The third-order valence-corrected chi connectivity index (χ3v) is 2.55. The summed E-state index contributed by atoms with van der Waals surface area (Å²) in [6, 6.07) is 0. The van der Waals surface area contributed by atoms with Gasteiger partial charge in [0.25, 0.3) is 0 Å². The molecule has 1 rings (SSSR count). The summed E-state index contributed by atoms with van der Waals surface area (Å²) in [6.45, 7) is 2.33. The summed E-state index contributed by atoms with van der Waals surface area (Å²) in [7, 11) is 0. The third-order valence-electron chi connectivity index (χ3n) is 1.99. The first-order valence-electron chi connectivity index (χ1n) is 4.98. The Kier molecular flexibility index (Phi) is 4.50. The molecule has 0 aromatic carbocycles. The molecule has 4 nitrogen and oxygen atoms in total. The van der Waals surface area contributed by atoms with Crippen LogP contribution in [0, 0.1) is 0 Å². The molecule has 1 atom stereocenters. The van der Waals surface area contributed by atoms with Crippen molar-refractivity contribution in [3.63, 3.8) is 0 Å². The number of halogens is 2. The maximum atomic E-state index is 11.7. The van der Waals surface area contributed by atoms with Crippen LogP contribution in [0.3, 0.4) is 0 Å². The van der Waals surface area contributed by atoms with Crippen molar-refractivity contribution in [1.29, 1.82) is 0 Å². The molecular weight excluding hydrogens is 251 g/mol. The zero-order chi connectivity index (χ0) is 12.2. The molecule has 0 fully saturated rings. The van der Waals surface area contributed by atoms with E-state index in [-0.39, 0.29) is 5.16 Å². The average Bonchev–Trinajstić information content (AvgIpc) is 2.15. The number of allylic oxidation sites excluding steroid dienone is 1. The van der Waals surface area contributed by atoms with Gasteiger partial charge in [0, 0.05) is 5.70 Å². The highest BCUT2D eigenvalue weighted by Gasteiger charge is 2.38.